The lowest BCUT2D eigenvalue weighted by Crippen LogP contribution is -2.41. The summed E-state index contributed by atoms with van der Waals surface area (Å²) in [7, 11) is 3.18. The molecule has 6 nitrogen and oxygen atoms in total. The molecule has 2 aromatic carbocycles. The molecule has 0 bridgehead atoms. The van der Waals surface area contributed by atoms with Gasteiger partial charge >= 0.3 is 5.63 Å². The Morgan fingerprint density at radius 2 is 1.78 bits per heavy atom. The van der Waals surface area contributed by atoms with E-state index < -0.39 is 0 Å². The van der Waals surface area contributed by atoms with Crippen LogP contribution in [0.1, 0.15) is 43.2 Å². The number of fused-ring (bicyclic) bond motifs is 3. The third-order valence-corrected chi connectivity index (χ3v) is 6.91. The van der Waals surface area contributed by atoms with Gasteiger partial charge in [-0.2, -0.15) is 0 Å². The van der Waals surface area contributed by atoms with Gasteiger partial charge in [-0.1, -0.05) is 25.3 Å². The van der Waals surface area contributed by atoms with Crippen LogP contribution in [-0.2, 0) is 6.54 Å². The highest BCUT2D eigenvalue weighted by atomic mass is 16.5. The van der Waals surface area contributed by atoms with Crippen molar-refractivity contribution in [1.29, 1.82) is 0 Å². The van der Waals surface area contributed by atoms with Crippen molar-refractivity contribution in [3.05, 3.63) is 51.9 Å². The summed E-state index contributed by atoms with van der Waals surface area (Å²) in [6, 6.07) is 10.0. The molecule has 2 aliphatic rings. The smallest absolute Gasteiger partial charge is 0.344 e. The molecule has 1 aliphatic carbocycles. The third-order valence-electron chi connectivity index (χ3n) is 6.91. The Morgan fingerprint density at radius 3 is 2.53 bits per heavy atom. The molecule has 0 saturated heterocycles. The molecule has 0 atom stereocenters. The van der Waals surface area contributed by atoms with E-state index in [9.17, 15) is 4.79 Å². The molecule has 0 N–H and O–H groups in total. The maximum atomic E-state index is 13.2. The second kappa shape index (κ2) is 8.51. The highest BCUT2D eigenvalue weighted by Crippen LogP contribution is 2.38. The van der Waals surface area contributed by atoms with Crippen LogP contribution in [0.5, 0.6) is 17.2 Å². The molecule has 0 unspecified atom stereocenters. The van der Waals surface area contributed by atoms with E-state index in [0.29, 0.717) is 35.4 Å². The van der Waals surface area contributed by atoms with Crippen molar-refractivity contribution in [1.82, 2.24) is 4.90 Å². The lowest BCUT2D eigenvalue weighted by molar-refractivity contribution is 0.0406. The second-order valence-electron chi connectivity index (χ2n) is 8.69. The Kier molecular flexibility index (Phi) is 5.55. The van der Waals surface area contributed by atoms with Crippen LogP contribution in [0.4, 0.5) is 0 Å². The molecule has 1 aromatic heterocycles. The number of hydrogen-bond donors (Lipinski definition) is 0. The minimum absolute atomic E-state index is 0.356. The number of rotatable bonds is 4. The van der Waals surface area contributed by atoms with Crippen LogP contribution in [0.25, 0.3) is 22.1 Å². The number of hydrogen-bond acceptors (Lipinski definition) is 6. The molecule has 168 valence electrons. The Bertz CT molecular complexity index is 1210. The van der Waals surface area contributed by atoms with Crippen LogP contribution in [-0.4, -0.2) is 31.9 Å². The Labute approximate surface area is 187 Å². The summed E-state index contributed by atoms with van der Waals surface area (Å²) < 4.78 is 22.8. The first-order chi connectivity index (χ1) is 15.6. The van der Waals surface area contributed by atoms with Crippen LogP contribution in [0.3, 0.4) is 0 Å². The molecular weight excluding hydrogens is 406 g/mol. The molecule has 0 amide bonds. The Morgan fingerprint density at radius 1 is 1.00 bits per heavy atom. The van der Waals surface area contributed by atoms with Crippen molar-refractivity contribution in [2.24, 2.45) is 0 Å². The summed E-state index contributed by atoms with van der Waals surface area (Å²) in [5.41, 5.74) is 3.42. The molecular formula is C26H29NO5. The van der Waals surface area contributed by atoms with Gasteiger partial charge in [0.1, 0.15) is 18.1 Å². The van der Waals surface area contributed by atoms with Gasteiger partial charge in [-0.15, -0.1) is 0 Å². The number of aryl methyl sites for hydroxylation is 1. The highest BCUT2D eigenvalue weighted by molar-refractivity contribution is 5.90. The van der Waals surface area contributed by atoms with Gasteiger partial charge in [-0.3, -0.25) is 4.90 Å². The van der Waals surface area contributed by atoms with E-state index >= 15 is 0 Å². The fraction of sp³-hybridized carbons (Fsp3) is 0.423. The number of benzene rings is 2. The van der Waals surface area contributed by atoms with E-state index in [1.807, 2.05) is 31.2 Å². The normalized spacial score (nSPS) is 17.1. The van der Waals surface area contributed by atoms with Gasteiger partial charge in [0.2, 0.25) is 0 Å². The van der Waals surface area contributed by atoms with Crippen molar-refractivity contribution < 1.29 is 18.6 Å². The predicted octanol–water partition coefficient (Wildman–Crippen LogP) is 5.27. The molecule has 32 heavy (non-hydrogen) atoms. The standard InChI is InChI=1S/C26H29NO5/c1-16-19-10-12-21-20(14-27(15-31-21)18-7-5-4-6-8-18)25(19)32-26(28)24(16)17-9-11-22(29-2)23(13-17)30-3/h9-13,18H,4-8,14-15H2,1-3H3. The maximum absolute atomic E-state index is 13.2. The average molecular weight is 436 g/mol. The topological polar surface area (TPSA) is 61.1 Å². The van der Waals surface area contributed by atoms with E-state index in [1.165, 1.54) is 32.1 Å². The van der Waals surface area contributed by atoms with Crippen LogP contribution in [0, 0.1) is 6.92 Å². The largest absolute Gasteiger partial charge is 0.493 e. The Hall–Kier alpha value is -2.99. The zero-order valence-corrected chi connectivity index (χ0v) is 18.9. The molecule has 2 heterocycles. The number of ether oxygens (including phenoxy) is 3. The fourth-order valence-corrected chi connectivity index (χ4v) is 5.15. The molecule has 1 fully saturated rings. The minimum atomic E-state index is -0.356. The predicted molar refractivity (Wildman–Crippen MR) is 124 cm³/mol. The lowest BCUT2D eigenvalue weighted by Gasteiger charge is -2.37. The molecule has 1 aliphatic heterocycles. The van der Waals surface area contributed by atoms with Gasteiger partial charge in [-0.25, -0.2) is 4.79 Å². The van der Waals surface area contributed by atoms with Gasteiger partial charge < -0.3 is 18.6 Å². The van der Waals surface area contributed by atoms with Crippen LogP contribution in [0.15, 0.2) is 39.5 Å². The molecule has 1 saturated carbocycles. The molecule has 6 heteroatoms. The summed E-state index contributed by atoms with van der Waals surface area (Å²) in [5.74, 6) is 2.00. The van der Waals surface area contributed by atoms with Crippen molar-refractivity contribution in [2.45, 2.75) is 51.6 Å². The monoisotopic (exact) mass is 435 g/mol. The number of nitrogens with zero attached hydrogens (tertiary/aromatic N) is 1. The maximum Gasteiger partial charge on any atom is 0.344 e. The van der Waals surface area contributed by atoms with Crippen molar-refractivity contribution in [2.75, 3.05) is 21.0 Å². The molecule has 3 aromatic rings. The quantitative estimate of drug-likeness (QED) is 0.520. The summed E-state index contributed by atoms with van der Waals surface area (Å²) in [4.78, 5) is 15.6. The van der Waals surface area contributed by atoms with E-state index in [1.54, 1.807) is 20.3 Å². The SMILES string of the molecule is COc1ccc(-c2c(C)c3ccc4c(c3oc2=O)CN(C2CCCCC2)CO4)cc1OC. The van der Waals surface area contributed by atoms with Gasteiger partial charge in [0.15, 0.2) is 11.5 Å². The first kappa shape index (κ1) is 20.9. The van der Waals surface area contributed by atoms with Crippen molar-refractivity contribution in [3.63, 3.8) is 0 Å². The second-order valence-corrected chi connectivity index (χ2v) is 8.69. The first-order valence-corrected chi connectivity index (χ1v) is 11.3. The van der Waals surface area contributed by atoms with Gasteiger partial charge in [0, 0.05) is 18.0 Å². The van der Waals surface area contributed by atoms with Crippen molar-refractivity contribution >= 4 is 11.0 Å². The molecule has 0 radical (unpaired) electrons. The zero-order valence-electron chi connectivity index (χ0n) is 18.9. The van der Waals surface area contributed by atoms with Crippen LogP contribution >= 0.6 is 0 Å². The Balaban J connectivity index is 1.59. The third kappa shape index (κ3) is 3.52. The molecule has 0 spiro atoms. The van der Waals surface area contributed by atoms with Gasteiger partial charge in [-0.05, 0) is 55.2 Å². The number of methoxy groups -OCH3 is 2. The molecule has 5 rings (SSSR count). The van der Waals surface area contributed by atoms with E-state index in [4.69, 9.17) is 18.6 Å². The highest BCUT2D eigenvalue weighted by Gasteiger charge is 2.28. The first-order valence-electron chi connectivity index (χ1n) is 11.3. The summed E-state index contributed by atoms with van der Waals surface area (Å²) in [5, 5.41) is 0.933. The average Bonchev–Trinajstić information content (AvgIpc) is 2.84. The van der Waals surface area contributed by atoms with E-state index in [2.05, 4.69) is 4.90 Å². The van der Waals surface area contributed by atoms with E-state index in [0.717, 1.165) is 34.4 Å². The van der Waals surface area contributed by atoms with Crippen molar-refractivity contribution in [3.8, 4) is 28.4 Å². The zero-order chi connectivity index (χ0) is 22.2. The fourth-order valence-electron chi connectivity index (χ4n) is 5.15. The summed E-state index contributed by atoms with van der Waals surface area (Å²) >= 11 is 0. The minimum Gasteiger partial charge on any atom is -0.493 e. The van der Waals surface area contributed by atoms with E-state index in [-0.39, 0.29) is 5.63 Å². The van der Waals surface area contributed by atoms with Crippen LogP contribution in [0.2, 0.25) is 0 Å². The van der Waals surface area contributed by atoms with Gasteiger partial charge in [0.25, 0.3) is 0 Å². The summed E-state index contributed by atoms with van der Waals surface area (Å²) in [6.07, 6.45) is 6.27. The lowest BCUT2D eigenvalue weighted by atomic mass is 9.93. The van der Waals surface area contributed by atoms with Gasteiger partial charge in [0.05, 0.1) is 25.3 Å². The van der Waals surface area contributed by atoms with Crippen LogP contribution < -0.4 is 19.8 Å². The summed E-state index contributed by atoms with van der Waals surface area (Å²) in [6.45, 7) is 3.31.